The van der Waals surface area contributed by atoms with E-state index >= 15 is 0 Å². The molecule has 0 aromatic heterocycles. The quantitative estimate of drug-likeness (QED) is 0.523. The summed E-state index contributed by atoms with van der Waals surface area (Å²) in [6.45, 7) is 3.91. The minimum Gasteiger partial charge on any atom is -0.481 e. The van der Waals surface area contributed by atoms with Crippen LogP contribution in [0.4, 0.5) is 0 Å². The average molecular weight is 184 g/mol. The molecule has 1 saturated carbocycles. The van der Waals surface area contributed by atoms with Gasteiger partial charge in [-0.2, -0.15) is 5.10 Å². The van der Waals surface area contributed by atoms with Gasteiger partial charge >= 0.3 is 5.97 Å². The van der Waals surface area contributed by atoms with E-state index in [0.717, 1.165) is 0 Å². The maximum atomic E-state index is 10.8. The molecule has 1 unspecified atom stereocenters. The van der Waals surface area contributed by atoms with Crippen LogP contribution in [0.5, 0.6) is 0 Å². The van der Waals surface area contributed by atoms with Crippen LogP contribution in [0.15, 0.2) is 5.10 Å². The fourth-order valence-corrected chi connectivity index (χ4v) is 1.63. The first kappa shape index (κ1) is 10.0. The molecule has 1 aliphatic rings. The van der Waals surface area contributed by atoms with Gasteiger partial charge in [0.05, 0.1) is 5.92 Å². The smallest absolute Gasteiger partial charge is 0.307 e. The van der Waals surface area contributed by atoms with Gasteiger partial charge in [0.25, 0.3) is 0 Å². The number of hydrazone groups is 1. The summed E-state index contributed by atoms with van der Waals surface area (Å²) in [5, 5.41) is 14.6. The predicted molar refractivity (Wildman–Crippen MR) is 50.6 cm³/mol. The number of carboxylic acid groups (broad SMARTS) is 1. The zero-order valence-electron chi connectivity index (χ0n) is 8.48. The topological polar surface area (TPSA) is 52.9 Å². The van der Waals surface area contributed by atoms with Gasteiger partial charge in [-0.25, -0.2) is 0 Å². The van der Waals surface area contributed by atoms with E-state index < -0.39 is 5.97 Å². The van der Waals surface area contributed by atoms with Crippen molar-refractivity contribution in [3.05, 3.63) is 0 Å². The molecule has 4 nitrogen and oxygen atoms in total. The fraction of sp³-hybridized carbons (Fsp3) is 0.778. The van der Waals surface area contributed by atoms with Crippen molar-refractivity contribution in [1.29, 1.82) is 0 Å². The summed E-state index contributed by atoms with van der Waals surface area (Å²) in [6.07, 6.45) is 1.73. The van der Waals surface area contributed by atoms with Crippen molar-refractivity contribution in [1.82, 2.24) is 5.01 Å². The lowest BCUT2D eigenvalue weighted by molar-refractivity contribution is -0.139. The third-order valence-corrected chi connectivity index (χ3v) is 2.63. The molecule has 1 fully saturated rings. The molecule has 74 valence electrons. The highest BCUT2D eigenvalue weighted by Gasteiger charge is 2.61. The van der Waals surface area contributed by atoms with Crippen LogP contribution >= 0.6 is 0 Å². The molecule has 0 bridgehead atoms. The minimum atomic E-state index is -0.722. The molecule has 1 N–H and O–H groups in total. The number of carbonyl (C=O) groups is 1. The second kappa shape index (κ2) is 3.01. The second-order valence-corrected chi connectivity index (χ2v) is 4.27. The molecule has 4 heteroatoms. The van der Waals surface area contributed by atoms with E-state index in [0.29, 0.717) is 0 Å². The molecule has 0 amide bonds. The van der Waals surface area contributed by atoms with Gasteiger partial charge < -0.3 is 10.1 Å². The Hall–Kier alpha value is -1.06. The minimum absolute atomic E-state index is 0.0763. The van der Waals surface area contributed by atoms with E-state index in [1.165, 1.54) is 0 Å². The van der Waals surface area contributed by atoms with Crippen LogP contribution in [0.1, 0.15) is 13.8 Å². The Labute approximate surface area is 78.2 Å². The lowest BCUT2D eigenvalue weighted by Crippen LogP contribution is -2.04. The van der Waals surface area contributed by atoms with Crippen molar-refractivity contribution in [2.45, 2.75) is 13.8 Å². The summed E-state index contributed by atoms with van der Waals surface area (Å²) in [4.78, 5) is 10.8. The molecular formula is C9H16N2O2. The third kappa shape index (κ3) is 1.82. The molecule has 0 spiro atoms. The van der Waals surface area contributed by atoms with Crippen molar-refractivity contribution in [3.63, 3.8) is 0 Å². The molecule has 1 rings (SSSR count). The highest BCUT2D eigenvalue weighted by atomic mass is 16.4. The Morgan fingerprint density at radius 2 is 2.08 bits per heavy atom. The maximum Gasteiger partial charge on any atom is 0.307 e. The zero-order valence-corrected chi connectivity index (χ0v) is 8.48. The number of rotatable bonds is 3. The van der Waals surface area contributed by atoms with Gasteiger partial charge in [0.2, 0.25) is 0 Å². The molecule has 0 saturated heterocycles. The molecule has 13 heavy (non-hydrogen) atoms. The lowest BCUT2D eigenvalue weighted by Gasteiger charge is -2.02. The van der Waals surface area contributed by atoms with Gasteiger partial charge in [-0.15, -0.1) is 0 Å². The molecular weight excluding hydrogens is 168 g/mol. The van der Waals surface area contributed by atoms with E-state index in [4.69, 9.17) is 5.11 Å². The monoisotopic (exact) mass is 184 g/mol. The third-order valence-electron chi connectivity index (χ3n) is 2.63. The molecule has 0 aromatic carbocycles. The van der Waals surface area contributed by atoms with E-state index in [9.17, 15) is 4.79 Å². The predicted octanol–water partition coefficient (Wildman–Crippen LogP) is 0.891. The SMILES string of the molecule is CN(C)N=CC1[C@@H](C(=O)O)C1(C)C. The summed E-state index contributed by atoms with van der Waals surface area (Å²) < 4.78 is 0. The van der Waals surface area contributed by atoms with Gasteiger partial charge in [0.1, 0.15) is 0 Å². The first-order valence-corrected chi connectivity index (χ1v) is 4.31. The normalized spacial score (nSPS) is 30.5. The van der Waals surface area contributed by atoms with Gasteiger partial charge in [0.15, 0.2) is 0 Å². The van der Waals surface area contributed by atoms with E-state index in [-0.39, 0.29) is 17.3 Å². The summed E-state index contributed by atoms with van der Waals surface area (Å²) >= 11 is 0. The highest BCUT2D eigenvalue weighted by molar-refractivity contribution is 5.84. The van der Waals surface area contributed by atoms with E-state index in [1.807, 2.05) is 27.9 Å². The molecule has 0 heterocycles. The first-order chi connectivity index (χ1) is 5.87. The second-order valence-electron chi connectivity index (χ2n) is 4.27. The van der Waals surface area contributed by atoms with Crippen LogP contribution in [0.2, 0.25) is 0 Å². The number of nitrogens with zero attached hydrogens (tertiary/aromatic N) is 2. The van der Waals surface area contributed by atoms with E-state index in [2.05, 4.69) is 5.10 Å². The van der Waals surface area contributed by atoms with E-state index in [1.54, 1.807) is 11.2 Å². The number of hydrogen-bond donors (Lipinski definition) is 1. The molecule has 2 atom stereocenters. The molecule has 0 aliphatic heterocycles. The van der Waals surface area contributed by atoms with Crippen LogP contribution in [0.25, 0.3) is 0 Å². The number of aliphatic carboxylic acids is 1. The van der Waals surface area contributed by atoms with Crippen LogP contribution in [-0.4, -0.2) is 36.4 Å². The first-order valence-electron chi connectivity index (χ1n) is 4.31. The zero-order chi connectivity index (χ0) is 10.2. The summed E-state index contributed by atoms with van der Waals surface area (Å²) in [5.74, 6) is -0.913. The average Bonchev–Trinajstić information content (AvgIpc) is 2.48. The molecule has 0 radical (unpaired) electrons. The van der Waals surface area contributed by atoms with Crippen molar-refractivity contribution >= 4 is 12.2 Å². The van der Waals surface area contributed by atoms with Gasteiger partial charge in [-0.3, -0.25) is 4.79 Å². The summed E-state index contributed by atoms with van der Waals surface area (Å²) in [7, 11) is 3.64. The summed E-state index contributed by atoms with van der Waals surface area (Å²) in [6, 6.07) is 0. The van der Waals surface area contributed by atoms with Crippen LogP contribution in [0.3, 0.4) is 0 Å². The standard InChI is InChI=1S/C9H16N2O2/c1-9(2)6(5-10-11(3)4)7(9)8(12)13/h5-7H,1-4H3,(H,12,13)/t6?,7-/m0/s1. The lowest BCUT2D eigenvalue weighted by atomic mass is 10.1. The van der Waals surface area contributed by atoms with Crippen molar-refractivity contribution in [2.75, 3.05) is 14.1 Å². The Morgan fingerprint density at radius 1 is 1.54 bits per heavy atom. The number of hydrogen-bond acceptors (Lipinski definition) is 3. The Bertz CT molecular complexity index is 246. The van der Waals surface area contributed by atoms with Gasteiger partial charge in [0, 0.05) is 26.2 Å². The highest BCUT2D eigenvalue weighted by Crippen LogP contribution is 2.57. The largest absolute Gasteiger partial charge is 0.481 e. The van der Waals surface area contributed by atoms with Crippen molar-refractivity contribution < 1.29 is 9.90 Å². The van der Waals surface area contributed by atoms with Gasteiger partial charge in [-0.05, 0) is 5.41 Å². The van der Waals surface area contributed by atoms with Crippen molar-refractivity contribution in [3.8, 4) is 0 Å². The maximum absolute atomic E-state index is 10.8. The van der Waals surface area contributed by atoms with Crippen LogP contribution < -0.4 is 0 Å². The summed E-state index contributed by atoms with van der Waals surface area (Å²) in [5.41, 5.74) is -0.134. The number of carboxylic acids is 1. The fourth-order valence-electron chi connectivity index (χ4n) is 1.63. The Kier molecular flexibility index (Phi) is 2.32. The van der Waals surface area contributed by atoms with Gasteiger partial charge in [-0.1, -0.05) is 13.8 Å². The Balaban J connectivity index is 2.61. The van der Waals surface area contributed by atoms with Crippen molar-refractivity contribution in [2.24, 2.45) is 22.4 Å². The Morgan fingerprint density at radius 3 is 2.38 bits per heavy atom. The molecule has 1 aliphatic carbocycles. The molecule has 0 aromatic rings. The van der Waals surface area contributed by atoms with Crippen LogP contribution in [0, 0.1) is 17.3 Å². The van der Waals surface area contributed by atoms with Crippen LogP contribution in [-0.2, 0) is 4.79 Å².